The van der Waals surface area contributed by atoms with Crippen molar-refractivity contribution in [1.29, 1.82) is 0 Å². The Bertz CT molecular complexity index is 1150. The van der Waals surface area contributed by atoms with Gasteiger partial charge in [-0.2, -0.15) is 4.57 Å². The molecule has 2 aromatic carbocycles. The van der Waals surface area contributed by atoms with Gasteiger partial charge in [-0.3, -0.25) is 0 Å². The Kier molecular flexibility index (Phi) is 3.87. The van der Waals surface area contributed by atoms with E-state index in [0.29, 0.717) is 5.92 Å². The summed E-state index contributed by atoms with van der Waals surface area (Å²) in [6, 6.07) is 15.7. The standard InChI is InChI=1S/C24H27N2/c1-15(2)19-11-12-21-20-9-7-8-10-22(20)26(24(21)18(19)5)23-13-16(3)17(4)14-25(23)6/h7-15H,1-6H3/q+1. The highest BCUT2D eigenvalue weighted by Gasteiger charge is 2.24. The van der Waals surface area contributed by atoms with Gasteiger partial charge in [0.2, 0.25) is 0 Å². The molecule has 26 heavy (non-hydrogen) atoms. The number of nitrogens with zero attached hydrogens (tertiary/aromatic N) is 2. The second kappa shape index (κ2) is 5.98. The van der Waals surface area contributed by atoms with Crippen molar-refractivity contribution in [2.75, 3.05) is 0 Å². The molecule has 132 valence electrons. The number of para-hydroxylation sites is 1. The first-order valence-electron chi connectivity index (χ1n) is 9.40. The number of pyridine rings is 1. The molecule has 0 atom stereocenters. The fourth-order valence-corrected chi connectivity index (χ4v) is 4.19. The summed E-state index contributed by atoms with van der Waals surface area (Å²) in [5.74, 6) is 1.72. The first-order valence-corrected chi connectivity index (χ1v) is 9.40. The van der Waals surface area contributed by atoms with E-state index in [2.05, 4.69) is 99.5 Å². The Labute approximate surface area is 155 Å². The summed E-state index contributed by atoms with van der Waals surface area (Å²) in [5, 5.41) is 2.65. The maximum absolute atomic E-state index is 2.44. The molecule has 0 aliphatic rings. The third-order valence-corrected chi connectivity index (χ3v) is 5.70. The number of hydrogen-bond acceptors (Lipinski definition) is 0. The number of benzene rings is 2. The van der Waals surface area contributed by atoms with E-state index in [9.17, 15) is 0 Å². The van der Waals surface area contributed by atoms with Crippen molar-refractivity contribution in [2.45, 2.75) is 40.5 Å². The molecular formula is C24H27N2+. The Morgan fingerprint density at radius 3 is 2.35 bits per heavy atom. The molecule has 2 nitrogen and oxygen atoms in total. The summed E-state index contributed by atoms with van der Waals surface area (Å²) >= 11 is 0. The number of hydrogen-bond donors (Lipinski definition) is 0. The average Bonchev–Trinajstić information content (AvgIpc) is 2.93. The average molecular weight is 343 g/mol. The first-order chi connectivity index (χ1) is 12.4. The number of aryl methyl sites for hydroxylation is 4. The quantitative estimate of drug-likeness (QED) is 0.415. The maximum Gasteiger partial charge on any atom is 0.286 e. The zero-order valence-corrected chi connectivity index (χ0v) is 16.6. The predicted molar refractivity (Wildman–Crippen MR) is 110 cm³/mol. The van der Waals surface area contributed by atoms with E-state index in [4.69, 9.17) is 0 Å². The molecule has 0 saturated heterocycles. The molecule has 2 aromatic heterocycles. The summed E-state index contributed by atoms with van der Waals surface area (Å²) in [6.07, 6.45) is 2.23. The number of aromatic nitrogens is 2. The fourth-order valence-electron chi connectivity index (χ4n) is 4.19. The third-order valence-electron chi connectivity index (χ3n) is 5.70. The summed E-state index contributed by atoms with van der Waals surface area (Å²) in [6.45, 7) is 11.2. The smallest absolute Gasteiger partial charge is 0.236 e. The van der Waals surface area contributed by atoms with Gasteiger partial charge in [-0.1, -0.05) is 32.0 Å². The van der Waals surface area contributed by atoms with E-state index in [0.717, 1.165) is 0 Å². The van der Waals surface area contributed by atoms with Gasteiger partial charge in [0.15, 0.2) is 0 Å². The summed E-state index contributed by atoms with van der Waals surface area (Å²) in [5.41, 5.74) is 8.04. The van der Waals surface area contributed by atoms with Crippen LogP contribution in [0.2, 0.25) is 0 Å². The van der Waals surface area contributed by atoms with E-state index in [1.807, 2.05) is 0 Å². The predicted octanol–water partition coefficient (Wildman–Crippen LogP) is 5.66. The molecule has 0 amide bonds. The zero-order chi connectivity index (χ0) is 18.6. The molecule has 2 heteroatoms. The molecule has 0 spiro atoms. The molecule has 0 aliphatic carbocycles. The molecule has 0 saturated carbocycles. The maximum atomic E-state index is 2.44. The lowest BCUT2D eigenvalue weighted by atomic mass is 9.95. The Hall–Kier alpha value is -2.61. The molecule has 4 aromatic rings. The van der Waals surface area contributed by atoms with Crippen molar-refractivity contribution in [1.82, 2.24) is 4.57 Å². The van der Waals surface area contributed by atoms with Gasteiger partial charge in [0, 0.05) is 22.4 Å². The number of fused-ring (bicyclic) bond motifs is 3. The van der Waals surface area contributed by atoms with Gasteiger partial charge in [-0.05, 0) is 61.6 Å². The molecule has 4 rings (SSSR count). The Morgan fingerprint density at radius 2 is 1.62 bits per heavy atom. The van der Waals surface area contributed by atoms with Crippen LogP contribution in [0, 0.1) is 20.8 Å². The molecule has 0 radical (unpaired) electrons. The van der Waals surface area contributed by atoms with Crippen molar-refractivity contribution in [3.63, 3.8) is 0 Å². The van der Waals surface area contributed by atoms with Crippen LogP contribution in [-0.4, -0.2) is 4.57 Å². The lowest BCUT2D eigenvalue weighted by molar-refractivity contribution is -0.665. The van der Waals surface area contributed by atoms with Gasteiger partial charge in [-0.25, -0.2) is 4.57 Å². The lowest BCUT2D eigenvalue weighted by Crippen LogP contribution is -2.34. The van der Waals surface area contributed by atoms with Crippen molar-refractivity contribution < 1.29 is 4.57 Å². The molecule has 0 fully saturated rings. The van der Waals surface area contributed by atoms with Crippen LogP contribution in [-0.2, 0) is 7.05 Å². The van der Waals surface area contributed by atoms with E-state index in [1.54, 1.807) is 0 Å². The molecule has 0 aliphatic heterocycles. The first kappa shape index (κ1) is 16.8. The van der Waals surface area contributed by atoms with Crippen LogP contribution >= 0.6 is 0 Å². The summed E-state index contributed by atoms with van der Waals surface area (Å²) < 4.78 is 4.69. The van der Waals surface area contributed by atoms with Gasteiger partial charge < -0.3 is 0 Å². The van der Waals surface area contributed by atoms with Gasteiger partial charge in [0.25, 0.3) is 5.82 Å². The van der Waals surface area contributed by atoms with Crippen LogP contribution in [0.25, 0.3) is 27.6 Å². The van der Waals surface area contributed by atoms with Crippen LogP contribution in [0.15, 0.2) is 48.7 Å². The highest BCUT2D eigenvalue weighted by Crippen LogP contribution is 2.36. The van der Waals surface area contributed by atoms with E-state index in [1.165, 1.54) is 49.9 Å². The van der Waals surface area contributed by atoms with Crippen molar-refractivity contribution in [3.05, 3.63) is 70.9 Å². The van der Waals surface area contributed by atoms with E-state index < -0.39 is 0 Å². The normalized spacial score (nSPS) is 11.8. The van der Waals surface area contributed by atoms with E-state index in [-0.39, 0.29) is 0 Å². The second-order valence-electron chi connectivity index (χ2n) is 7.79. The van der Waals surface area contributed by atoms with Crippen molar-refractivity contribution >= 4 is 21.8 Å². The highest BCUT2D eigenvalue weighted by atomic mass is 15.1. The summed E-state index contributed by atoms with van der Waals surface area (Å²) in [7, 11) is 2.14. The Balaban J connectivity index is 2.23. The molecule has 0 unspecified atom stereocenters. The van der Waals surface area contributed by atoms with Crippen LogP contribution in [0.4, 0.5) is 0 Å². The highest BCUT2D eigenvalue weighted by molar-refractivity contribution is 6.10. The SMILES string of the molecule is Cc1cc(-n2c3ccccc3c3ccc(C(C)C)c(C)c32)[n+](C)cc1C. The van der Waals surface area contributed by atoms with Gasteiger partial charge in [-0.15, -0.1) is 0 Å². The third kappa shape index (κ3) is 2.36. The van der Waals surface area contributed by atoms with Gasteiger partial charge >= 0.3 is 0 Å². The van der Waals surface area contributed by atoms with E-state index >= 15 is 0 Å². The Morgan fingerprint density at radius 1 is 0.885 bits per heavy atom. The molecule has 2 heterocycles. The van der Waals surface area contributed by atoms with Crippen LogP contribution in [0.5, 0.6) is 0 Å². The molecule has 0 N–H and O–H groups in total. The summed E-state index contributed by atoms with van der Waals surface area (Å²) in [4.78, 5) is 0. The fraction of sp³-hybridized carbons (Fsp3) is 0.292. The van der Waals surface area contributed by atoms with Crippen molar-refractivity contribution in [3.8, 4) is 5.82 Å². The topological polar surface area (TPSA) is 8.81 Å². The zero-order valence-electron chi connectivity index (χ0n) is 16.6. The van der Waals surface area contributed by atoms with Gasteiger partial charge in [0.05, 0.1) is 13.2 Å². The van der Waals surface area contributed by atoms with Crippen molar-refractivity contribution in [2.24, 2.45) is 7.05 Å². The van der Waals surface area contributed by atoms with Crippen LogP contribution in [0.1, 0.15) is 42.0 Å². The monoisotopic (exact) mass is 343 g/mol. The van der Waals surface area contributed by atoms with Gasteiger partial charge in [0.1, 0.15) is 11.0 Å². The molecule has 0 bridgehead atoms. The lowest BCUT2D eigenvalue weighted by Gasteiger charge is -2.12. The molecular weight excluding hydrogens is 316 g/mol. The van der Waals surface area contributed by atoms with Crippen LogP contribution in [0.3, 0.4) is 0 Å². The largest absolute Gasteiger partial charge is 0.286 e. The second-order valence-corrected chi connectivity index (χ2v) is 7.79. The minimum absolute atomic E-state index is 0.513. The number of rotatable bonds is 2. The minimum atomic E-state index is 0.513. The minimum Gasteiger partial charge on any atom is -0.236 e. The van der Waals surface area contributed by atoms with Crippen LogP contribution < -0.4 is 4.57 Å².